The molecule has 1 aliphatic heterocycles. The zero-order valence-corrected chi connectivity index (χ0v) is 16.8. The van der Waals surface area contributed by atoms with Gasteiger partial charge >= 0.3 is 0 Å². The molecule has 1 saturated heterocycles. The van der Waals surface area contributed by atoms with Crippen molar-refractivity contribution in [2.24, 2.45) is 5.73 Å². The molecule has 10 heteroatoms. The minimum Gasteiger partial charge on any atom is -0.492 e. The third kappa shape index (κ3) is 4.86. The zero-order valence-electron chi connectivity index (χ0n) is 15.1. The topological polar surface area (TPSA) is 111 Å². The smallest absolute Gasteiger partial charge is 0.246 e. The number of ether oxygens (including phenoxy) is 2. The number of amides is 1. The Labute approximate surface area is 160 Å². The molecule has 0 radical (unpaired) electrons. The van der Waals surface area contributed by atoms with Crippen LogP contribution in [0.4, 0.5) is 5.69 Å². The average molecular weight is 408 g/mol. The van der Waals surface area contributed by atoms with Crippen molar-refractivity contribution >= 4 is 34.0 Å². The van der Waals surface area contributed by atoms with Crippen LogP contribution in [0, 0.1) is 0 Å². The molecule has 26 heavy (non-hydrogen) atoms. The van der Waals surface area contributed by atoms with Crippen LogP contribution in [0.5, 0.6) is 5.75 Å². The van der Waals surface area contributed by atoms with Crippen molar-refractivity contribution in [1.82, 2.24) is 4.31 Å². The Bertz CT molecular complexity index is 733. The van der Waals surface area contributed by atoms with E-state index in [1.165, 1.54) is 26.2 Å². The third-order valence-electron chi connectivity index (χ3n) is 4.10. The van der Waals surface area contributed by atoms with Gasteiger partial charge in [-0.1, -0.05) is 0 Å². The maximum Gasteiger partial charge on any atom is 0.246 e. The van der Waals surface area contributed by atoms with Crippen LogP contribution in [0.1, 0.15) is 19.8 Å². The second-order valence-electron chi connectivity index (χ2n) is 6.10. The number of benzene rings is 1. The Morgan fingerprint density at radius 3 is 2.50 bits per heavy atom. The molecule has 0 aromatic heterocycles. The normalized spacial score (nSPS) is 16.7. The Morgan fingerprint density at radius 1 is 1.35 bits per heavy atom. The van der Waals surface area contributed by atoms with Crippen LogP contribution >= 0.6 is 12.4 Å². The second kappa shape index (κ2) is 9.01. The molecule has 1 aromatic carbocycles. The summed E-state index contributed by atoms with van der Waals surface area (Å²) in [5, 5.41) is 2.71. The lowest BCUT2D eigenvalue weighted by Gasteiger charge is -2.31. The fourth-order valence-electron chi connectivity index (χ4n) is 2.48. The highest BCUT2D eigenvalue weighted by Gasteiger charge is 2.36. The number of sulfonamides is 1. The van der Waals surface area contributed by atoms with E-state index < -0.39 is 15.6 Å². The minimum atomic E-state index is -3.72. The Kier molecular flexibility index (Phi) is 7.85. The highest BCUT2D eigenvalue weighted by Crippen LogP contribution is 2.30. The van der Waals surface area contributed by atoms with Gasteiger partial charge in [-0.3, -0.25) is 4.79 Å². The molecule has 0 bridgehead atoms. The highest BCUT2D eigenvalue weighted by molar-refractivity contribution is 7.89. The third-order valence-corrected chi connectivity index (χ3v) is 5.93. The molecule has 2 rings (SSSR count). The molecule has 0 saturated carbocycles. The molecule has 1 fully saturated rings. The van der Waals surface area contributed by atoms with Crippen LogP contribution < -0.4 is 15.8 Å². The molecule has 1 aromatic rings. The summed E-state index contributed by atoms with van der Waals surface area (Å²) in [6.45, 7) is 2.94. The lowest BCUT2D eigenvalue weighted by atomic mass is 9.90. The number of anilines is 1. The lowest BCUT2D eigenvalue weighted by molar-refractivity contribution is -0.124. The largest absolute Gasteiger partial charge is 0.492 e. The number of carbonyl (C=O) groups excluding carboxylic acids is 1. The van der Waals surface area contributed by atoms with Crippen LogP contribution in [-0.4, -0.2) is 58.1 Å². The summed E-state index contributed by atoms with van der Waals surface area (Å²) in [5.74, 6) is -0.115. The summed E-state index contributed by atoms with van der Waals surface area (Å²) >= 11 is 0. The molecule has 3 N–H and O–H groups in total. The van der Waals surface area contributed by atoms with Crippen molar-refractivity contribution in [3.63, 3.8) is 0 Å². The maximum atomic E-state index is 12.5. The van der Waals surface area contributed by atoms with Crippen LogP contribution in [0.15, 0.2) is 23.1 Å². The van der Waals surface area contributed by atoms with E-state index in [9.17, 15) is 13.2 Å². The molecule has 1 aliphatic rings. The monoisotopic (exact) mass is 407 g/mol. The van der Waals surface area contributed by atoms with E-state index >= 15 is 0 Å². The van der Waals surface area contributed by atoms with Crippen molar-refractivity contribution in [2.75, 3.05) is 39.2 Å². The maximum absolute atomic E-state index is 12.5. The van der Waals surface area contributed by atoms with Crippen molar-refractivity contribution in [2.45, 2.75) is 30.2 Å². The van der Waals surface area contributed by atoms with Crippen LogP contribution in [-0.2, 0) is 19.6 Å². The van der Waals surface area contributed by atoms with Gasteiger partial charge in [-0.25, -0.2) is 12.7 Å². The molecule has 148 valence electrons. The highest BCUT2D eigenvalue weighted by atomic mass is 35.5. The van der Waals surface area contributed by atoms with E-state index in [0.29, 0.717) is 38.3 Å². The van der Waals surface area contributed by atoms with Gasteiger partial charge in [-0.2, -0.15) is 0 Å². The first kappa shape index (κ1) is 22.7. The lowest BCUT2D eigenvalue weighted by Crippen LogP contribution is -2.54. The Morgan fingerprint density at radius 2 is 1.96 bits per heavy atom. The fourth-order valence-corrected chi connectivity index (χ4v) is 3.53. The SMILES string of the molecule is CCOc1ccc(NC(=O)C2(N)CCOCC2)cc1S(=O)(=O)N(C)C.Cl. The van der Waals surface area contributed by atoms with Crippen LogP contribution in [0.2, 0.25) is 0 Å². The Balaban J connectivity index is 0.00000338. The van der Waals surface area contributed by atoms with E-state index in [1.807, 2.05) is 0 Å². The molecule has 0 spiro atoms. The summed E-state index contributed by atoms with van der Waals surface area (Å²) in [6.07, 6.45) is 0.831. The minimum absolute atomic E-state index is 0. The van der Waals surface area contributed by atoms with Gasteiger partial charge in [-0.05, 0) is 38.0 Å². The van der Waals surface area contributed by atoms with Crippen molar-refractivity contribution in [1.29, 1.82) is 0 Å². The molecule has 1 heterocycles. The van der Waals surface area contributed by atoms with Crippen molar-refractivity contribution < 1.29 is 22.7 Å². The first-order valence-electron chi connectivity index (χ1n) is 8.08. The van der Waals surface area contributed by atoms with Gasteiger partial charge in [0.05, 0.1) is 6.61 Å². The summed E-state index contributed by atoms with van der Waals surface area (Å²) in [4.78, 5) is 12.5. The predicted octanol–water partition coefficient (Wildman–Crippen LogP) is 1.20. The number of hydrogen-bond acceptors (Lipinski definition) is 6. The van der Waals surface area contributed by atoms with Crippen molar-refractivity contribution in [3.05, 3.63) is 18.2 Å². The van der Waals surface area contributed by atoms with Gasteiger partial charge in [0.25, 0.3) is 0 Å². The number of nitrogens with zero attached hydrogens (tertiary/aromatic N) is 1. The van der Waals surface area contributed by atoms with Gasteiger partial charge in [0, 0.05) is 33.0 Å². The predicted molar refractivity (Wildman–Crippen MR) is 101 cm³/mol. The van der Waals surface area contributed by atoms with E-state index in [0.717, 1.165) is 4.31 Å². The molecular weight excluding hydrogens is 382 g/mol. The first-order valence-corrected chi connectivity index (χ1v) is 9.52. The van der Waals surface area contributed by atoms with Gasteiger partial charge in [0.1, 0.15) is 16.2 Å². The van der Waals surface area contributed by atoms with Gasteiger partial charge in [-0.15, -0.1) is 12.4 Å². The summed E-state index contributed by atoms with van der Waals surface area (Å²) < 4.78 is 36.8. The summed E-state index contributed by atoms with van der Waals surface area (Å²) in [5.41, 5.74) is 5.49. The zero-order chi connectivity index (χ0) is 18.7. The molecule has 1 amide bonds. The molecule has 0 aliphatic carbocycles. The number of halogens is 1. The summed E-state index contributed by atoms with van der Waals surface area (Å²) in [6, 6.07) is 4.52. The number of carbonyl (C=O) groups is 1. The average Bonchev–Trinajstić information content (AvgIpc) is 2.56. The number of hydrogen-bond donors (Lipinski definition) is 2. The van der Waals surface area contributed by atoms with Crippen molar-refractivity contribution in [3.8, 4) is 5.75 Å². The number of rotatable bonds is 6. The number of nitrogens with two attached hydrogens (primary N) is 1. The van der Waals surface area contributed by atoms with E-state index in [-0.39, 0.29) is 29.0 Å². The standard InChI is InChI=1S/C16H25N3O5S.ClH/c1-4-24-13-6-5-12(11-14(13)25(21,22)19(2)3)18-15(20)16(17)7-9-23-10-8-16;/h5-6,11H,4,7-10,17H2,1-3H3,(H,18,20);1H. The van der Waals surface area contributed by atoms with Crippen LogP contribution in [0.3, 0.4) is 0 Å². The van der Waals surface area contributed by atoms with Gasteiger partial charge in [0.15, 0.2) is 0 Å². The fraction of sp³-hybridized carbons (Fsp3) is 0.562. The Hall–Kier alpha value is -1.39. The molecule has 0 atom stereocenters. The van der Waals surface area contributed by atoms with Gasteiger partial charge in [0.2, 0.25) is 15.9 Å². The van der Waals surface area contributed by atoms with Gasteiger partial charge < -0.3 is 20.5 Å². The van der Waals surface area contributed by atoms with Crippen LogP contribution in [0.25, 0.3) is 0 Å². The van der Waals surface area contributed by atoms with E-state index in [1.54, 1.807) is 13.0 Å². The quantitative estimate of drug-likeness (QED) is 0.733. The van der Waals surface area contributed by atoms with E-state index in [4.69, 9.17) is 15.2 Å². The molecular formula is C16H26ClN3O5S. The van der Waals surface area contributed by atoms with E-state index in [2.05, 4.69) is 5.32 Å². The molecule has 8 nitrogen and oxygen atoms in total. The second-order valence-corrected chi connectivity index (χ2v) is 8.22. The number of nitrogens with one attached hydrogen (secondary N) is 1. The molecule has 0 unspecified atom stereocenters. The first-order chi connectivity index (χ1) is 11.7. The summed E-state index contributed by atoms with van der Waals surface area (Å²) in [7, 11) is -0.847.